The lowest BCUT2D eigenvalue weighted by atomic mass is 10.0. The number of nitrogens with one attached hydrogen (secondary N) is 1. The zero-order chi connectivity index (χ0) is 13.4. The topological polar surface area (TPSA) is 38.0 Å². The number of rotatable bonds is 8. The zero-order valence-corrected chi connectivity index (χ0v) is 14.2. The average Bonchev–Trinajstić information content (AvgIpc) is 2.37. The molecule has 2 nitrogen and oxygen atoms in total. The second kappa shape index (κ2) is 9.07. The van der Waals surface area contributed by atoms with Crippen molar-refractivity contribution in [3.8, 4) is 0 Å². The van der Waals surface area contributed by atoms with Gasteiger partial charge in [0.05, 0.1) is 0 Å². The average molecular weight is 423 g/mol. The third-order valence-electron chi connectivity index (χ3n) is 2.94. The van der Waals surface area contributed by atoms with Gasteiger partial charge in [-0.2, -0.15) is 0 Å². The number of allylic oxidation sites excluding steroid dienone is 1. The van der Waals surface area contributed by atoms with E-state index in [0.717, 1.165) is 17.3 Å². The lowest BCUT2D eigenvalue weighted by Crippen LogP contribution is -2.28. The summed E-state index contributed by atoms with van der Waals surface area (Å²) in [5.74, 6) is 5.68. The van der Waals surface area contributed by atoms with Crippen LogP contribution in [0.2, 0.25) is 0 Å². The quantitative estimate of drug-likeness (QED) is 0.209. The summed E-state index contributed by atoms with van der Waals surface area (Å²) in [5, 5.41) is 0. The summed E-state index contributed by atoms with van der Waals surface area (Å²) in [6.07, 6.45) is 7.79. The van der Waals surface area contributed by atoms with Crippen LogP contribution in [-0.2, 0) is 0 Å². The highest BCUT2D eigenvalue weighted by molar-refractivity contribution is 14.1. The minimum absolute atomic E-state index is 0.234. The van der Waals surface area contributed by atoms with Crippen LogP contribution in [0.3, 0.4) is 0 Å². The monoisotopic (exact) mass is 422 g/mol. The molecule has 0 aliphatic heterocycles. The molecule has 4 heteroatoms. The van der Waals surface area contributed by atoms with Crippen molar-refractivity contribution in [1.82, 2.24) is 5.43 Å². The molecular formula is C14H20BrIN2. The summed E-state index contributed by atoms with van der Waals surface area (Å²) in [6, 6.07) is 6.55. The Morgan fingerprint density at radius 2 is 2.17 bits per heavy atom. The fourth-order valence-electron chi connectivity index (χ4n) is 1.92. The van der Waals surface area contributed by atoms with Crippen LogP contribution in [0.1, 0.15) is 43.7 Å². The summed E-state index contributed by atoms with van der Waals surface area (Å²) >= 11 is 5.87. The SMILES string of the molecule is C=CCCCCCC(NN)c1cc(Br)ccc1I. The van der Waals surface area contributed by atoms with Crippen LogP contribution in [0.25, 0.3) is 0 Å². The zero-order valence-electron chi connectivity index (χ0n) is 10.5. The molecule has 3 N–H and O–H groups in total. The van der Waals surface area contributed by atoms with Gasteiger partial charge in [0.25, 0.3) is 0 Å². The van der Waals surface area contributed by atoms with Crippen LogP contribution in [0.5, 0.6) is 0 Å². The Kier molecular flexibility index (Phi) is 8.13. The maximum Gasteiger partial charge on any atom is 0.0470 e. The molecule has 0 bridgehead atoms. The van der Waals surface area contributed by atoms with Gasteiger partial charge in [-0.15, -0.1) is 6.58 Å². The van der Waals surface area contributed by atoms with Crippen molar-refractivity contribution < 1.29 is 0 Å². The van der Waals surface area contributed by atoms with Gasteiger partial charge in [0, 0.05) is 14.1 Å². The van der Waals surface area contributed by atoms with Crippen LogP contribution in [0.15, 0.2) is 35.3 Å². The largest absolute Gasteiger partial charge is 0.271 e. The number of hydrogen-bond donors (Lipinski definition) is 2. The van der Waals surface area contributed by atoms with Crippen molar-refractivity contribution in [3.63, 3.8) is 0 Å². The van der Waals surface area contributed by atoms with Crippen LogP contribution in [-0.4, -0.2) is 0 Å². The molecule has 0 amide bonds. The van der Waals surface area contributed by atoms with Crippen molar-refractivity contribution in [2.24, 2.45) is 5.84 Å². The third-order valence-corrected chi connectivity index (χ3v) is 4.41. The summed E-state index contributed by atoms with van der Waals surface area (Å²) in [4.78, 5) is 0. The smallest absolute Gasteiger partial charge is 0.0470 e. The standard InChI is InChI=1S/C14H20BrIN2/c1-2-3-4-5-6-7-14(18-17)12-10-11(15)8-9-13(12)16/h2,8-10,14,18H,1,3-7,17H2. The van der Waals surface area contributed by atoms with Crippen molar-refractivity contribution in [3.05, 3.63) is 44.5 Å². The van der Waals surface area contributed by atoms with Gasteiger partial charge in [0.15, 0.2) is 0 Å². The second-order valence-corrected chi connectivity index (χ2v) is 6.39. The molecule has 0 saturated heterocycles. The normalized spacial score (nSPS) is 12.4. The van der Waals surface area contributed by atoms with E-state index in [1.54, 1.807) is 0 Å². The van der Waals surface area contributed by atoms with E-state index in [1.165, 1.54) is 28.4 Å². The number of benzene rings is 1. The van der Waals surface area contributed by atoms with E-state index < -0.39 is 0 Å². The molecule has 1 aromatic carbocycles. The lowest BCUT2D eigenvalue weighted by molar-refractivity contribution is 0.482. The highest BCUT2D eigenvalue weighted by atomic mass is 127. The first-order valence-corrected chi connectivity index (χ1v) is 8.08. The molecular weight excluding hydrogens is 403 g/mol. The minimum Gasteiger partial charge on any atom is -0.271 e. The van der Waals surface area contributed by atoms with E-state index in [1.807, 2.05) is 6.08 Å². The van der Waals surface area contributed by atoms with Gasteiger partial charge in [-0.25, -0.2) is 0 Å². The molecule has 1 atom stereocenters. The molecule has 0 fully saturated rings. The Labute approximate surface area is 132 Å². The van der Waals surface area contributed by atoms with E-state index in [-0.39, 0.29) is 6.04 Å². The van der Waals surface area contributed by atoms with E-state index in [2.05, 4.69) is 68.7 Å². The molecule has 0 spiro atoms. The Morgan fingerprint density at radius 3 is 2.83 bits per heavy atom. The van der Waals surface area contributed by atoms with E-state index in [0.29, 0.717) is 0 Å². The predicted octanol–water partition coefficient (Wildman–Crippen LogP) is 4.69. The Morgan fingerprint density at radius 1 is 1.39 bits per heavy atom. The molecule has 0 saturated carbocycles. The van der Waals surface area contributed by atoms with Crippen LogP contribution in [0.4, 0.5) is 0 Å². The number of hydrogen-bond acceptors (Lipinski definition) is 2. The number of halogens is 2. The number of nitrogens with two attached hydrogens (primary N) is 1. The number of unbranched alkanes of at least 4 members (excludes halogenated alkanes) is 3. The van der Waals surface area contributed by atoms with Gasteiger partial charge in [-0.05, 0) is 65.6 Å². The molecule has 0 aliphatic rings. The highest BCUT2D eigenvalue weighted by Crippen LogP contribution is 2.27. The second-order valence-electron chi connectivity index (χ2n) is 4.31. The van der Waals surface area contributed by atoms with Gasteiger partial charge < -0.3 is 0 Å². The molecule has 100 valence electrons. The predicted molar refractivity (Wildman–Crippen MR) is 90.2 cm³/mol. The van der Waals surface area contributed by atoms with E-state index >= 15 is 0 Å². The van der Waals surface area contributed by atoms with Crippen LogP contribution >= 0.6 is 38.5 Å². The van der Waals surface area contributed by atoms with Gasteiger partial charge in [-0.3, -0.25) is 11.3 Å². The Bertz CT molecular complexity index is 382. The molecule has 1 rings (SSSR count). The van der Waals surface area contributed by atoms with Crippen molar-refractivity contribution in [2.75, 3.05) is 0 Å². The van der Waals surface area contributed by atoms with Gasteiger partial charge in [0.1, 0.15) is 0 Å². The maximum absolute atomic E-state index is 5.68. The highest BCUT2D eigenvalue weighted by Gasteiger charge is 2.12. The first kappa shape index (κ1) is 16.1. The fourth-order valence-corrected chi connectivity index (χ4v) is 3.01. The molecule has 0 aromatic heterocycles. The van der Waals surface area contributed by atoms with Crippen LogP contribution < -0.4 is 11.3 Å². The van der Waals surface area contributed by atoms with Gasteiger partial charge >= 0.3 is 0 Å². The molecule has 0 aliphatic carbocycles. The number of hydrazine groups is 1. The summed E-state index contributed by atoms with van der Waals surface area (Å²) < 4.78 is 2.36. The molecule has 18 heavy (non-hydrogen) atoms. The summed E-state index contributed by atoms with van der Waals surface area (Å²) in [7, 11) is 0. The summed E-state index contributed by atoms with van der Waals surface area (Å²) in [5.41, 5.74) is 4.21. The molecule has 0 radical (unpaired) electrons. The first-order chi connectivity index (χ1) is 8.69. The minimum atomic E-state index is 0.234. The van der Waals surface area contributed by atoms with Crippen molar-refractivity contribution in [1.29, 1.82) is 0 Å². The lowest BCUT2D eigenvalue weighted by Gasteiger charge is -2.18. The Hall–Kier alpha value is 0.0900. The van der Waals surface area contributed by atoms with Crippen molar-refractivity contribution in [2.45, 2.75) is 38.1 Å². The Balaban J connectivity index is 2.54. The van der Waals surface area contributed by atoms with Crippen molar-refractivity contribution >= 4 is 38.5 Å². The van der Waals surface area contributed by atoms with Gasteiger partial charge in [-0.1, -0.05) is 34.8 Å². The molecule has 0 heterocycles. The summed E-state index contributed by atoms with van der Waals surface area (Å²) in [6.45, 7) is 3.74. The molecule has 1 aromatic rings. The van der Waals surface area contributed by atoms with E-state index in [4.69, 9.17) is 5.84 Å². The third kappa shape index (κ3) is 5.38. The fraction of sp³-hybridized carbons (Fsp3) is 0.429. The van der Waals surface area contributed by atoms with E-state index in [9.17, 15) is 0 Å². The first-order valence-electron chi connectivity index (χ1n) is 6.21. The van der Waals surface area contributed by atoms with Gasteiger partial charge in [0.2, 0.25) is 0 Å². The molecule has 1 unspecified atom stereocenters. The van der Waals surface area contributed by atoms with Crippen LogP contribution in [0, 0.1) is 3.57 Å². The maximum atomic E-state index is 5.68.